The van der Waals surface area contributed by atoms with Crippen molar-refractivity contribution >= 4 is 22.8 Å². The van der Waals surface area contributed by atoms with E-state index in [0.717, 1.165) is 10.9 Å². The first-order chi connectivity index (χ1) is 10.6. The second kappa shape index (κ2) is 7.61. The number of benzene rings is 1. The number of aliphatic carboxylic acids is 1. The molecule has 6 nitrogen and oxygen atoms in total. The number of hydrogen-bond donors (Lipinski definition) is 2. The van der Waals surface area contributed by atoms with E-state index in [0.29, 0.717) is 13.2 Å². The number of rotatable bonds is 8. The van der Waals surface area contributed by atoms with Crippen molar-refractivity contribution in [2.45, 2.75) is 25.4 Å². The van der Waals surface area contributed by atoms with E-state index in [2.05, 4.69) is 5.32 Å². The molecule has 0 saturated carbocycles. The largest absolute Gasteiger partial charge is 0.480 e. The predicted octanol–water partition coefficient (Wildman–Crippen LogP) is 1.64. The van der Waals surface area contributed by atoms with Gasteiger partial charge >= 0.3 is 5.97 Å². The Morgan fingerprint density at radius 2 is 2.09 bits per heavy atom. The molecule has 0 aliphatic carbocycles. The molecule has 0 bridgehead atoms. The maximum Gasteiger partial charge on any atom is 0.326 e. The summed E-state index contributed by atoms with van der Waals surface area (Å²) in [4.78, 5) is 23.0. The second-order valence-corrected chi connectivity index (χ2v) is 5.06. The molecule has 1 heterocycles. The Hall–Kier alpha value is -2.34. The minimum atomic E-state index is -1.04. The van der Waals surface area contributed by atoms with E-state index >= 15 is 0 Å². The summed E-state index contributed by atoms with van der Waals surface area (Å²) in [5.41, 5.74) is 1.06. The van der Waals surface area contributed by atoms with Crippen molar-refractivity contribution in [2.75, 3.05) is 13.7 Å². The smallest absolute Gasteiger partial charge is 0.326 e. The molecule has 1 aromatic heterocycles. The molecule has 2 rings (SSSR count). The van der Waals surface area contributed by atoms with Crippen LogP contribution in [0.2, 0.25) is 0 Å². The molecule has 0 fully saturated rings. The maximum absolute atomic E-state index is 11.9. The normalized spacial score (nSPS) is 12.2. The van der Waals surface area contributed by atoms with Gasteiger partial charge in [-0.3, -0.25) is 4.79 Å². The van der Waals surface area contributed by atoms with Gasteiger partial charge in [-0.15, -0.1) is 0 Å². The molecular formula is C16H20N2O4. The number of carboxylic acids is 1. The van der Waals surface area contributed by atoms with E-state index in [-0.39, 0.29) is 18.7 Å². The van der Waals surface area contributed by atoms with Gasteiger partial charge < -0.3 is 19.7 Å². The molecule has 2 aromatic rings. The lowest BCUT2D eigenvalue weighted by atomic mass is 10.2. The fourth-order valence-electron chi connectivity index (χ4n) is 2.32. The van der Waals surface area contributed by atoms with Gasteiger partial charge in [-0.05, 0) is 17.5 Å². The standard InChI is InChI=1S/C16H20N2O4/c1-22-11-8-13(16(20)21)17-15(19)7-10-18-9-6-12-4-2-3-5-14(12)18/h2-6,9,13H,7-8,10-11H2,1H3,(H,17,19)(H,20,21). The molecule has 1 amide bonds. The molecular weight excluding hydrogens is 284 g/mol. The minimum Gasteiger partial charge on any atom is -0.480 e. The summed E-state index contributed by atoms with van der Waals surface area (Å²) in [7, 11) is 1.50. The van der Waals surface area contributed by atoms with Crippen molar-refractivity contribution in [3.05, 3.63) is 36.5 Å². The third kappa shape index (κ3) is 4.08. The number of ether oxygens (including phenoxy) is 1. The summed E-state index contributed by atoms with van der Waals surface area (Å²) in [6.07, 6.45) is 2.41. The molecule has 1 atom stereocenters. The summed E-state index contributed by atoms with van der Waals surface area (Å²) in [5, 5.41) is 12.7. The van der Waals surface area contributed by atoms with Crippen molar-refractivity contribution in [1.82, 2.24) is 9.88 Å². The Morgan fingerprint density at radius 3 is 2.82 bits per heavy atom. The van der Waals surface area contributed by atoms with Crippen molar-refractivity contribution in [3.8, 4) is 0 Å². The predicted molar refractivity (Wildman–Crippen MR) is 82.6 cm³/mol. The first kappa shape index (κ1) is 16.0. The highest BCUT2D eigenvalue weighted by Crippen LogP contribution is 2.15. The minimum absolute atomic E-state index is 0.232. The van der Waals surface area contributed by atoms with Gasteiger partial charge in [0.25, 0.3) is 0 Å². The molecule has 0 radical (unpaired) electrons. The summed E-state index contributed by atoms with van der Waals surface area (Å²) < 4.78 is 6.84. The average Bonchev–Trinajstić information content (AvgIpc) is 2.92. The molecule has 1 aromatic carbocycles. The number of carbonyl (C=O) groups is 2. The van der Waals surface area contributed by atoms with Crippen LogP contribution in [0.15, 0.2) is 36.5 Å². The maximum atomic E-state index is 11.9. The Labute approximate surface area is 128 Å². The Morgan fingerprint density at radius 1 is 1.32 bits per heavy atom. The molecule has 6 heteroatoms. The third-order valence-corrected chi connectivity index (χ3v) is 3.50. The van der Waals surface area contributed by atoms with Gasteiger partial charge in [0.05, 0.1) is 0 Å². The van der Waals surface area contributed by atoms with Gasteiger partial charge in [-0.1, -0.05) is 18.2 Å². The Balaban J connectivity index is 1.90. The molecule has 2 N–H and O–H groups in total. The topological polar surface area (TPSA) is 80.6 Å². The third-order valence-electron chi connectivity index (χ3n) is 3.50. The van der Waals surface area contributed by atoms with Crippen LogP contribution in [0.4, 0.5) is 0 Å². The van der Waals surface area contributed by atoms with Crippen LogP contribution in [-0.2, 0) is 20.9 Å². The Bertz CT molecular complexity index is 650. The van der Waals surface area contributed by atoms with Crippen LogP contribution < -0.4 is 5.32 Å². The van der Waals surface area contributed by atoms with E-state index in [1.807, 2.05) is 41.1 Å². The van der Waals surface area contributed by atoms with E-state index in [1.165, 1.54) is 7.11 Å². The number of fused-ring (bicyclic) bond motifs is 1. The lowest BCUT2D eigenvalue weighted by molar-refractivity contribution is -0.142. The summed E-state index contributed by atoms with van der Waals surface area (Å²) in [5.74, 6) is -1.32. The van der Waals surface area contributed by atoms with Gasteiger partial charge in [-0.2, -0.15) is 0 Å². The molecule has 118 valence electrons. The number of aromatic nitrogens is 1. The van der Waals surface area contributed by atoms with Crippen LogP contribution in [0.25, 0.3) is 10.9 Å². The SMILES string of the molecule is COCCC(NC(=O)CCn1ccc2ccccc21)C(=O)O. The van der Waals surface area contributed by atoms with Gasteiger partial charge in [0.2, 0.25) is 5.91 Å². The molecule has 0 saturated heterocycles. The summed E-state index contributed by atoms with van der Waals surface area (Å²) in [6, 6.07) is 9.00. The van der Waals surface area contributed by atoms with Crippen LogP contribution >= 0.6 is 0 Å². The number of hydrogen-bond acceptors (Lipinski definition) is 3. The summed E-state index contributed by atoms with van der Waals surface area (Å²) in [6.45, 7) is 0.801. The van der Waals surface area contributed by atoms with E-state index in [1.54, 1.807) is 0 Å². The molecule has 1 unspecified atom stereocenters. The van der Waals surface area contributed by atoms with Gasteiger partial charge in [0.15, 0.2) is 0 Å². The first-order valence-electron chi connectivity index (χ1n) is 7.17. The van der Waals surface area contributed by atoms with Gasteiger partial charge in [0.1, 0.15) is 6.04 Å². The van der Waals surface area contributed by atoms with Crippen LogP contribution in [0, 0.1) is 0 Å². The zero-order valence-corrected chi connectivity index (χ0v) is 12.5. The Kier molecular flexibility index (Phi) is 5.55. The highest BCUT2D eigenvalue weighted by Gasteiger charge is 2.19. The number of methoxy groups -OCH3 is 1. The first-order valence-corrected chi connectivity index (χ1v) is 7.17. The van der Waals surface area contributed by atoms with Crippen LogP contribution in [0.1, 0.15) is 12.8 Å². The number of carboxylic acid groups (broad SMARTS) is 1. The average molecular weight is 304 g/mol. The van der Waals surface area contributed by atoms with Crippen molar-refractivity contribution in [2.24, 2.45) is 0 Å². The van der Waals surface area contributed by atoms with E-state index < -0.39 is 12.0 Å². The monoisotopic (exact) mass is 304 g/mol. The molecule has 0 spiro atoms. The highest BCUT2D eigenvalue weighted by molar-refractivity contribution is 5.84. The molecule has 0 aliphatic rings. The summed E-state index contributed by atoms with van der Waals surface area (Å²) >= 11 is 0. The fourth-order valence-corrected chi connectivity index (χ4v) is 2.32. The van der Waals surface area contributed by atoms with Crippen LogP contribution in [0.5, 0.6) is 0 Å². The number of para-hydroxylation sites is 1. The zero-order chi connectivity index (χ0) is 15.9. The van der Waals surface area contributed by atoms with Crippen molar-refractivity contribution < 1.29 is 19.4 Å². The fraction of sp³-hybridized carbons (Fsp3) is 0.375. The number of nitrogens with one attached hydrogen (secondary N) is 1. The lowest BCUT2D eigenvalue weighted by Crippen LogP contribution is -2.41. The van der Waals surface area contributed by atoms with Crippen LogP contribution in [-0.4, -0.2) is 41.3 Å². The quantitative estimate of drug-likeness (QED) is 0.777. The van der Waals surface area contributed by atoms with Crippen LogP contribution in [0.3, 0.4) is 0 Å². The number of aryl methyl sites for hydroxylation is 1. The number of carbonyl (C=O) groups excluding carboxylic acids is 1. The number of nitrogens with zero attached hydrogens (tertiary/aromatic N) is 1. The zero-order valence-electron chi connectivity index (χ0n) is 12.5. The van der Waals surface area contributed by atoms with E-state index in [9.17, 15) is 9.59 Å². The molecule has 22 heavy (non-hydrogen) atoms. The van der Waals surface area contributed by atoms with Crippen molar-refractivity contribution in [1.29, 1.82) is 0 Å². The number of amides is 1. The van der Waals surface area contributed by atoms with Gasteiger partial charge in [-0.25, -0.2) is 4.79 Å². The van der Waals surface area contributed by atoms with Crippen molar-refractivity contribution in [3.63, 3.8) is 0 Å². The molecule has 0 aliphatic heterocycles. The highest BCUT2D eigenvalue weighted by atomic mass is 16.5. The second-order valence-electron chi connectivity index (χ2n) is 5.06. The van der Waals surface area contributed by atoms with E-state index in [4.69, 9.17) is 9.84 Å². The van der Waals surface area contributed by atoms with Gasteiger partial charge in [0, 0.05) is 44.8 Å². The lowest BCUT2D eigenvalue weighted by Gasteiger charge is -2.14.